The van der Waals surface area contributed by atoms with Gasteiger partial charge in [0.2, 0.25) is 5.95 Å². The van der Waals surface area contributed by atoms with Crippen LogP contribution in [-0.2, 0) is 12.8 Å². The number of ether oxygens (including phenoxy) is 2. The van der Waals surface area contributed by atoms with E-state index in [0.717, 1.165) is 29.9 Å². The molecule has 1 aromatic carbocycles. The first kappa shape index (κ1) is 12.7. The van der Waals surface area contributed by atoms with Crippen molar-refractivity contribution in [2.45, 2.75) is 12.8 Å². The second-order valence-corrected chi connectivity index (χ2v) is 5.01. The lowest BCUT2D eigenvalue weighted by atomic mass is 9.92. The summed E-state index contributed by atoms with van der Waals surface area (Å²) in [5, 5.41) is 0. The van der Waals surface area contributed by atoms with E-state index in [1.165, 1.54) is 5.56 Å². The first-order chi connectivity index (χ1) is 9.74. The van der Waals surface area contributed by atoms with E-state index in [4.69, 9.17) is 15.2 Å². The lowest BCUT2D eigenvalue weighted by Gasteiger charge is -2.25. The number of anilines is 1. The number of aromatic nitrogens is 2. The van der Waals surface area contributed by atoms with E-state index in [0.29, 0.717) is 18.5 Å². The summed E-state index contributed by atoms with van der Waals surface area (Å²) in [5.41, 5.74) is 7.80. The molecular weight excluding hydrogens is 254 g/mol. The van der Waals surface area contributed by atoms with Gasteiger partial charge in [-0.25, -0.2) is 9.97 Å². The molecule has 2 heterocycles. The normalized spacial score (nSPS) is 17.1. The Kier molecular flexibility index (Phi) is 3.41. The number of rotatable bonds is 3. The second-order valence-electron chi connectivity index (χ2n) is 5.01. The maximum absolute atomic E-state index is 5.83. The smallest absolute Gasteiger partial charge is 0.219 e. The Morgan fingerprint density at radius 1 is 1.35 bits per heavy atom. The maximum Gasteiger partial charge on any atom is 0.219 e. The fraction of sp³-hybridized carbons (Fsp3) is 0.333. The zero-order valence-electron chi connectivity index (χ0n) is 11.4. The minimum atomic E-state index is 0.311. The van der Waals surface area contributed by atoms with Crippen molar-refractivity contribution in [3.8, 4) is 11.5 Å². The number of hydrogen-bond acceptors (Lipinski definition) is 5. The molecule has 5 heteroatoms. The number of nitrogens with zero attached hydrogens (tertiary/aromatic N) is 2. The van der Waals surface area contributed by atoms with E-state index in [2.05, 4.69) is 16.0 Å². The summed E-state index contributed by atoms with van der Waals surface area (Å²) in [5.74, 6) is 2.50. The van der Waals surface area contributed by atoms with Crippen molar-refractivity contribution in [1.82, 2.24) is 9.97 Å². The van der Waals surface area contributed by atoms with Gasteiger partial charge >= 0.3 is 0 Å². The Balaban J connectivity index is 1.70. The van der Waals surface area contributed by atoms with Gasteiger partial charge in [0.1, 0.15) is 11.5 Å². The van der Waals surface area contributed by atoms with Gasteiger partial charge in [-0.2, -0.15) is 0 Å². The zero-order valence-corrected chi connectivity index (χ0v) is 11.4. The van der Waals surface area contributed by atoms with Gasteiger partial charge in [0.25, 0.3) is 0 Å². The molecule has 104 valence electrons. The van der Waals surface area contributed by atoms with Gasteiger partial charge in [-0.05, 0) is 30.0 Å². The van der Waals surface area contributed by atoms with Crippen molar-refractivity contribution >= 4 is 5.95 Å². The maximum atomic E-state index is 5.83. The van der Waals surface area contributed by atoms with E-state index in [1.54, 1.807) is 19.5 Å². The van der Waals surface area contributed by atoms with Crippen LogP contribution in [0, 0.1) is 5.92 Å². The summed E-state index contributed by atoms with van der Waals surface area (Å²) in [6.45, 7) is 0.699. The first-order valence-electron chi connectivity index (χ1n) is 6.60. The fourth-order valence-corrected chi connectivity index (χ4v) is 2.48. The molecule has 0 radical (unpaired) electrons. The molecule has 0 saturated heterocycles. The molecule has 1 aliphatic rings. The Morgan fingerprint density at radius 2 is 2.15 bits per heavy atom. The first-order valence-corrected chi connectivity index (χ1v) is 6.60. The minimum absolute atomic E-state index is 0.311. The van der Waals surface area contributed by atoms with Crippen LogP contribution >= 0.6 is 0 Å². The standard InChI is InChI=1S/C15H17N3O2/c1-19-13-3-2-12-5-10(9-20-14(12)6-13)4-11-7-17-15(16)18-8-11/h2-3,6-8,10H,4-5,9H2,1H3,(H2,16,17,18). The van der Waals surface area contributed by atoms with E-state index in [1.807, 2.05) is 12.1 Å². The molecule has 1 unspecified atom stereocenters. The highest BCUT2D eigenvalue weighted by Gasteiger charge is 2.20. The van der Waals surface area contributed by atoms with Gasteiger partial charge < -0.3 is 15.2 Å². The van der Waals surface area contributed by atoms with Crippen molar-refractivity contribution in [2.75, 3.05) is 19.5 Å². The molecule has 1 atom stereocenters. The molecule has 0 spiro atoms. The van der Waals surface area contributed by atoms with Crippen LogP contribution in [0.2, 0.25) is 0 Å². The van der Waals surface area contributed by atoms with E-state index in [9.17, 15) is 0 Å². The van der Waals surface area contributed by atoms with Crippen LogP contribution in [-0.4, -0.2) is 23.7 Å². The summed E-state index contributed by atoms with van der Waals surface area (Å²) >= 11 is 0. The molecular formula is C15H17N3O2. The molecule has 0 fully saturated rings. The van der Waals surface area contributed by atoms with Crippen LogP contribution in [0.3, 0.4) is 0 Å². The Morgan fingerprint density at radius 3 is 2.90 bits per heavy atom. The van der Waals surface area contributed by atoms with Crippen LogP contribution in [0.4, 0.5) is 5.95 Å². The van der Waals surface area contributed by atoms with Crippen molar-refractivity contribution in [3.05, 3.63) is 41.7 Å². The summed E-state index contributed by atoms with van der Waals surface area (Å²) in [7, 11) is 1.66. The topological polar surface area (TPSA) is 70.3 Å². The van der Waals surface area contributed by atoms with Crippen LogP contribution in [0.25, 0.3) is 0 Å². The SMILES string of the molecule is COc1ccc2c(c1)OCC(Cc1cnc(N)nc1)C2. The third-order valence-electron chi connectivity index (χ3n) is 3.51. The quantitative estimate of drug-likeness (QED) is 0.922. The summed E-state index contributed by atoms with van der Waals surface area (Å²) in [6, 6.07) is 5.98. The lowest BCUT2D eigenvalue weighted by molar-refractivity contribution is 0.220. The number of nitrogens with two attached hydrogens (primary N) is 1. The summed E-state index contributed by atoms with van der Waals surface area (Å²) in [6.07, 6.45) is 5.45. The second kappa shape index (κ2) is 5.36. The molecule has 0 bridgehead atoms. The number of nitrogen functional groups attached to an aromatic ring is 1. The van der Waals surface area contributed by atoms with Crippen molar-refractivity contribution in [3.63, 3.8) is 0 Å². The minimum Gasteiger partial charge on any atom is -0.497 e. The molecule has 3 rings (SSSR count). The number of hydrogen-bond donors (Lipinski definition) is 1. The van der Waals surface area contributed by atoms with Crippen LogP contribution in [0.1, 0.15) is 11.1 Å². The molecule has 0 amide bonds. The Labute approximate surface area is 117 Å². The third-order valence-corrected chi connectivity index (χ3v) is 3.51. The van der Waals surface area contributed by atoms with Gasteiger partial charge in [-0.15, -0.1) is 0 Å². The van der Waals surface area contributed by atoms with E-state index in [-0.39, 0.29) is 0 Å². The van der Waals surface area contributed by atoms with Crippen molar-refractivity contribution in [1.29, 1.82) is 0 Å². The van der Waals surface area contributed by atoms with Crippen LogP contribution < -0.4 is 15.2 Å². The molecule has 1 aromatic heterocycles. The van der Waals surface area contributed by atoms with Crippen LogP contribution in [0.5, 0.6) is 11.5 Å². The van der Waals surface area contributed by atoms with Crippen molar-refractivity contribution < 1.29 is 9.47 Å². The Bertz CT molecular complexity index is 599. The predicted molar refractivity (Wildman–Crippen MR) is 75.8 cm³/mol. The fourth-order valence-electron chi connectivity index (χ4n) is 2.48. The molecule has 2 aromatic rings. The molecule has 2 N–H and O–H groups in total. The van der Waals surface area contributed by atoms with Crippen molar-refractivity contribution in [2.24, 2.45) is 5.92 Å². The largest absolute Gasteiger partial charge is 0.497 e. The molecule has 0 aliphatic carbocycles. The highest BCUT2D eigenvalue weighted by atomic mass is 16.5. The van der Waals surface area contributed by atoms with Gasteiger partial charge in [0.05, 0.1) is 13.7 Å². The summed E-state index contributed by atoms with van der Waals surface area (Å²) in [4.78, 5) is 8.04. The monoisotopic (exact) mass is 271 g/mol. The van der Waals surface area contributed by atoms with Gasteiger partial charge in [-0.1, -0.05) is 6.07 Å². The molecule has 20 heavy (non-hydrogen) atoms. The average molecular weight is 271 g/mol. The van der Waals surface area contributed by atoms with Crippen LogP contribution in [0.15, 0.2) is 30.6 Å². The van der Waals surface area contributed by atoms with Gasteiger partial charge in [0, 0.05) is 24.4 Å². The van der Waals surface area contributed by atoms with Gasteiger partial charge in [0.15, 0.2) is 0 Å². The highest BCUT2D eigenvalue weighted by Crippen LogP contribution is 2.31. The summed E-state index contributed by atoms with van der Waals surface area (Å²) < 4.78 is 11.0. The lowest BCUT2D eigenvalue weighted by Crippen LogP contribution is -2.23. The number of methoxy groups -OCH3 is 1. The number of benzene rings is 1. The zero-order chi connectivity index (χ0) is 13.9. The Hall–Kier alpha value is -2.30. The third kappa shape index (κ3) is 2.66. The molecule has 1 aliphatic heterocycles. The van der Waals surface area contributed by atoms with Gasteiger partial charge in [-0.3, -0.25) is 0 Å². The number of fused-ring (bicyclic) bond motifs is 1. The molecule has 0 saturated carbocycles. The average Bonchev–Trinajstić information content (AvgIpc) is 2.49. The van der Waals surface area contributed by atoms with E-state index >= 15 is 0 Å². The van der Waals surface area contributed by atoms with E-state index < -0.39 is 0 Å². The predicted octanol–water partition coefficient (Wildman–Crippen LogP) is 1.86. The molecule has 5 nitrogen and oxygen atoms in total. The highest BCUT2D eigenvalue weighted by molar-refractivity contribution is 5.42.